The summed E-state index contributed by atoms with van der Waals surface area (Å²) < 4.78 is 0. The summed E-state index contributed by atoms with van der Waals surface area (Å²) in [7, 11) is 0. The van der Waals surface area contributed by atoms with Gasteiger partial charge < -0.3 is 5.73 Å². The van der Waals surface area contributed by atoms with Gasteiger partial charge in [0, 0.05) is 5.54 Å². The van der Waals surface area contributed by atoms with Crippen molar-refractivity contribution in [1.82, 2.24) is 0 Å². The third-order valence-corrected chi connectivity index (χ3v) is 8.69. The van der Waals surface area contributed by atoms with E-state index in [1.165, 1.54) is 19.3 Å². The first-order chi connectivity index (χ1) is 14.1. The molecule has 5 unspecified atom stereocenters. The molecule has 0 aromatic heterocycles. The lowest BCUT2D eigenvalue weighted by Gasteiger charge is -2.56. The molecule has 0 fully saturated rings. The molecule has 0 spiro atoms. The largest absolute Gasteiger partial charge is 0.325 e. The van der Waals surface area contributed by atoms with E-state index < -0.39 is 0 Å². The molecule has 186 valence electrons. The second-order valence-electron chi connectivity index (χ2n) is 15.9. The van der Waals surface area contributed by atoms with Crippen molar-refractivity contribution in [1.29, 1.82) is 0 Å². The average molecular weight is 444 g/mol. The van der Waals surface area contributed by atoms with Crippen LogP contribution in [0, 0.1) is 50.7 Å². The summed E-state index contributed by atoms with van der Waals surface area (Å²) in [5.74, 6) is 2.25. The minimum atomic E-state index is -0.214. The normalized spacial score (nSPS) is 42.8. The molecule has 0 aliphatic heterocycles. The molecule has 2 N–H and O–H groups in total. The standard InChI is InChI=1S/C31H57N/c1-22-18-26(3,4)15-17-29(9,10)21-31(13,32)25-23(2)19-27(5,6)14-16-28(7,8)20-30(11,12)24(22)25/h14-17,22-25H,18-21,32H2,1-13H3/b16-14-,17-15-. The topological polar surface area (TPSA) is 26.0 Å². The fourth-order valence-electron chi connectivity index (χ4n) is 8.49. The highest BCUT2D eigenvalue weighted by Gasteiger charge is 2.51. The van der Waals surface area contributed by atoms with Gasteiger partial charge in [0.15, 0.2) is 0 Å². The first-order valence-corrected chi connectivity index (χ1v) is 13.3. The maximum atomic E-state index is 7.45. The fourth-order valence-corrected chi connectivity index (χ4v) is 8.49. The van der Waals surface area contributed by atoms with Crippen molar-refractivity contribution >= 4 is 0 Å². The van der Waals surface area contributed by atoms with E-state index in [4.69, 9.17) is 5.73 Å². The number of rotatable bonds is 0. The molecule has 1 heteroatoms. The molecule has 0 radical (unpaired) electrons. The van der Waals surface area contributed by atoms with Gasteiger partial charge in [-0.3, -0.25) is 0 Å². The molecule has 0 saturated carbocycles. The quantitative estimate of drug-likeness (QED) is 0.371. The predicted molar refractivity (Wildman–Crippen MR) is 144 cm³/mol. The van der Waals surface area contributed by atoms with Crippen LogP contribution in [-0.4, -0.2) is 5.54 Å². The molecular weight excluding hydrogens is 386 g/mol. The van der Waals surface area contributed by atoms with Crippen molar-refractivity contribution in [2.24, 2.45) is 56.5 Å². The van der Waals surface area contributed by atoms with Crippen LogP contribution < -0.4 is 5.73 Å². The third-order valence-electron chi connectivity index (χ3n) is 8.69. The van der Waals surface area contributed by atoms with E-state index >= 15 is 0 Å². The zero-order valence-corrected chi connectivity index (χ0v) is 24.0. The van der Waals surface area contributed by atoms with Gasteiger partial charge in [-0.25, -0.2) is 0 Å². The van der Waals surface area contributed by atoms with Crippen LogP contribution in [0.1, 0.15) is 116 Å². The van der Waals surface area contributed by atoms with Gasteiger partial charge >= 0.3 is 0 Å². The van der Waals surface area contributed by atoms with Gasteiger partial charge in [-0.15, -0.1) is 0 Å². The summed E-state index contributed by atoms with van der Waals surface area (Å²) in [6.45, 7) is 31.9. The lowest BCUT2D eigenvalue weighted by molar-refractivity contribution is -0.0353. The number of hydrogen-bond donors (Lipinski definition) is 1. The van der Waals surface area contributed by atoms with Crippen molar-refractivity contribution in [2.45, 2.75) is 121 Å². The van der Waals surface area contributed by atoms with E-state index in [0.29, 0.717) is 23.7 Å². The van der Waals surface area contributed by atoms with Gasteiger partial charge in [-0.2, -0.15) is 0 Å². The van der Waals surface area contributed by atoms with Gasteiger partial charge in [-0.05, 0) is 83.4 Å². The lowest BCUT2D eigenvalue weighted by Crippen LogP contribution is -2.57. The van der Waals surface area contributed by atoms with Gasteiger partial charge in [0.25, 0.3) is 0 Å². The second-order valence-corrected chi connectivity index (χ2v) is 15.9. The van der Waals surface area contributed by atoms with E-state index in [1.54, 1.807) is 0 Å². The van der Waals surface area contributed by atoms with Crippen molar-refractivity contribution in [3.63, 3.8) is 0 Å². The fraction of sp³-hybridized carbons (Fsp3) is 0.871. The Kier molecular flexibility index (Phi) is 7.43. The highest BCUT2D eigenvalue weighted by molar-refractivity contribution is 5.13. The zero-order chi connectivity index (χ0) is 25.0. The summed E-state index contributed by atoms with van der Waals surface area (Å²) in [5, 5.41) is 0. The van der Waals surface area contributed by atoms with Crippen molar-refractivity contribution < 1.29 is 0 Å². The molecule has 0 saturated heterocycles. The van der Waals surface area contributed by atoms with Crippen LogP contribution in [0.3, 0.4) is 0 Å². The summed E-state index contributed by atoms with van der Waals surface area (Å²) in [4.78, 5) is 0. The van der Waals surface area contributed by atoms with Crippen LogP contribution >= 0.6 is 0 Å². The predicted octanol–water partition coefficient (Wildman–Crippen LogP) is 9.04. The van der Waals surface area contributed by atoms with Crippen molar-refractivity contribution in [3.8, 4) is 0 Å². The van der Waals surface area contributed by atoms with Gasteiger partial charge in [0.2, 0.25) is 0 Å². The summed E-state index contributed by atoms with van der Waals surface area (Å²) >= 11 is 0. The molecule has 0 aromatic rings. The Hall–Kier alpha value is -0.560. The summed E-state index contributed by atoms with van der Waals surface area (Å²) in [6, 6.07) is 0. The first kappa shape index (κ1) is 27.7. The smallest absolute Gasteiger partial charge is 0.0167 e. The molecule has 0 amide bonds. The van der Waals surface area contributed by atoms with Crippen molar-refractivity contribution in [2.75, 3.05) is 0 Å². The number of hydrogen-bond acceptors (Lipinski definition) is 1. The molecule has 1 nitrogen and oxygen atoms in total. The second kappa shape index (κ2) is 8.58. The molecule has 2 aliphatic rings. The van der Waals surface area contributed by atoms with Gasteiger partial charge in [0.05, 0.1) is 0 Å². The Labute approximate surface area is 202 Å². The van der Waals surface area contributed by atoms with Gasteiger partial charge in [0.1, 0.15) is 0 Å². The summed E-state index contributed by atoms with van der Waals surface area (Å²) in [5.41, 5.74) is 8.11. The van der Waals surface area contributed by atoms with Crippen LogP contribution in [0.2, 0.25) is 0 Å². The average Bonchev–Trinajstić information content (AvgIpc) is 2.51. The Morgan fingerprint density at radius 2 is 0.875 bits per heavy atom. The molecule has 2 rings (SSSR count). The Morgan fingerprint density at radius 3 is 1.31 bits per heavy atom. The van der Waals surface area contributed by atoms with E-state index in [9.17, 15) is 0 Å². The zero-order valence-electron chi connectivity index (χ0n) is 24.0. The highest BCUT2D eigenvalue weighted by Crippen LogP contribution is 2.56. The van der Waals surface area contributed by atoms with Crippen LogP contribution in [0.15, 0.2) is 24.3 Å². The van der Waals surface area contributed by atoms with E-state index in [-0.39, 0.29) is 32.6 Å². The maximum Gasteiger partial charge on any atom is 0.0167 e. The molecule has 0 bridgehead atoms. The molecule has 2 aliphatic carbocycles. The van der Waals surface area contributed by atoms with E-state index in [0.717, 1.165) is 6.42 Å². The highest BCUT2D eigenvalue weighted by atomic mass is 14.8. The molecule has 0 aromatic carbocycles. The lowest BCUT2D eigenvalue weighted by atomic mass is 9.50. The van der Waals surface area contributed by atoms with Crippen LogP contribution in [0.5, 0.6) is 0 Å². The van der Waals surface area contributed by atoms with Crippen molar-refractivity contribution in [3.05, 3.63) is 24.3 Å². The Bertz CT molecular complexity index is 651. The van der Waals surface area contributed by atoms with Crippen LogP contribution in [0.4, 0.5) is 0 Å². The SMILES string of the molecule is CC1CC(C)(C)/C=C\C(C)(C)CC(C)(N)C2C(C)CC(C)(C)/C=C\C(C)(C)CC(C)(C)C12. The monoisotopic (exact) mass is 443 g/mol. The van der Waals surface area contributed by atoms with E-state index in [2.05, 4.69) is 114 Å². The number of fused-ring (bicyclic) bond motifs is 1. The van der Waals surface area contributed by atoms with Crippen LogP contribution in [0.25, 0.3) is 0 Å². The molecular formula is C31H57N. The Balaban J connectivity index is 2.78. The molecule has 32 heavy (non-hydrogen) atoms. The molecule has 0 heterocycles. The first-order valence-electron chi connectivity index (χ1n) is 13.3. The minimum Gasteiger partial charge on any atom is -0.325 e. The number of allylic oxidation sites excluding steroid dienone is 4. The summed E-state index contributed by atoms with van der Waals surface area (Å²) in [6.07, 6.45) is 14.6. The van der Waals surface area contributed by atoms with Gasteiger partial charge in [-0.1, -0.05) is 107 Å². The minimum absolute atomic E-state index is 0.0970. The van der Waals surface area contributed by atoms with Crippen LogP contribution in [-0.2, 0) is 0 Å². The number of nitrogens with two attached hydrogens (primary N) is 1. The third kappa shape index (κ3) is 6.74. The Morgan fingerprint density at radius 1 is 0.531 bits per heavy atom. The molecule has 5 atom stereocenters. The van der Waals surface area contributed by atoms with E-state index in [1.807, 2.05) is 0 Å². The maximum absolute atomic E-state index is 7.45.